The molecule has 20 heavy (non-hydrogen) atoms. The molecule has 3 aromatic rings. The molecule has 0 aliphatic carbocycles. The first kappa shape index (κ1) is 12.7. The molecule has 6 nitrogen and oxygen atoms in total. The Balaban J connectivity index is 2.30. The fourth-order valence-electron chi connectivity index (χ4n) is 1.98. The Morgan fingerprint density at radius 2 is 1.95 bits per heavy atom. The highest BCUT2D eigenvalue weighted by atomic mass is 35.5. The second-order valence-corrected chi connectivity index (χ2v) is 4.40. The van der Waals surface area contributed by atoms with Crippen molar-refractivity contribution in [1.82, 2.24) is 19.6 Å². The average molecular weight is 291 g/mol. The van der Waals surface area contributed by atoms with Crippen molar-refractivity contribution in [3.8, 4) is 22.9 Å². The third kappa shape index (κ3) is 1.94. The number of hydrogen-bond donors (Lipinski definition) is 0. The fourth-order valence-corrected chi connectivity index (χ4v) is 2.20. The molecule has 0 aliphatic rings. The maximum atomic E-state index is 6.17. The van der Waals surface area contributed by atoms with Crippen molar-refractivity contribution in [3.63, 3.8) is 0 Å². The molecule has 0 saturated heterocycles. The minimum Gasteiger partial charge on any atom is -0.497 e. The van der Waals surface area contributed by atoms with Crippen LogP contribution < -0.4 is 9.47 Å². The predicted molar refractivity (Wildman–Crippen MR) is 74.3 cm³/mol. The molecule has 1 aromatic carbocycles. The van der Waals surface area contributed by atoms with Crippen LogP contribution in [0.3, 0.4) is 0 Å². The maximum Gasteiger partial charge on any atom is 0.180 e. The summed E-state index contributed by atoms with van der Waals surface area (Å²) in [5.41, 5.74) is 1.31. The van der Waals surface area contributed by atoms with Crippen LogP contribution in [-0.4, -0.2) is 33.8 Å². The van der Waals surface area contributed by atoms with Gasteiger partial charge >= 0.3 is 0 Å². The minimum atomic E-state index is 0.423. The van der Waals surface area contributed by atoms with Crippen LogP contribution in [0.25, 0.3) is 17.0 Å². The van der Waals surface area contributed by atoms with E-state index in [9.17, 15) is 0 Å². The molecule has 7 heteroatoms. The van der Waals surface area contributed by atoms with Gasteiger partial charge in [-0.3, -0.25) is 9.38 Å². The van der Waals surface area contributed by atoms with Crippen LogP contribution in [0, 0.1) is 0 Å². The van der Waals surface area contributed by atoms with Gasteiger partial charge in [-0.05, 0) is 18.2 Å². The van der Waals surface area contributed by atoms with E-state index in [1.165, 1.54) is 6.20 Å². The van der Waals surface area contributed by atoms with E-state index >= 15 is 0 Å². The summed E-state index contributed by atoms with van der Waals surface area (Å²) >= 11 is 6.17. The van der Waals surface area contributed by atoms with Crippen molar-refractivity contribution in [2.24, 2.45) is 0 Å². The largest absolute Gasteiger partial charge is 0.497 e. The van der Waals surface area contributed by atoms with Gasteiger partial charge in [-0.2, -0.15) is 0 Å². The van der Waals surface area contributed by atoms with Gasteiger partial charge in [0.05, 0.1) is 32.2 Å². The topological polar surface area (TPSA) is 61.5 Å². The second kappa shape index (κ2) is 4.97. The van der Waals surface area contributed by atoms with Crippen LogP contribution in [-0.2, 0) is 0 Å². The average Bonchev–Trinajstić information content (AvgIpc) is 2.92. The summed E-state index contributed by atoms with van der Waals surface area (Å²) < 4.78 is 12.3. The van der Waals surface area contributed by atoms with Gasteiger partial charge in [0, 0.05) is 0 Å². The summed E-state index contributed by atoms with van der Waals surface area (Å²) in [4.78, 5) is 3.98. The van der Waals surface area contributed by atoms with E-state index in [1.807, 2.05) is 18.2 Å². The zero-order chi connectivity index (χ0) is 14.1. The normalized spacial score (nSPS) is 10.8. The number of hydrogen-bond acceptors (Lipinski definition) is 5. The van der Waals surface area contributed by atoms with Crippen molar-refractivity contribution >= 4 is 17.2 Å². The third-order valence-corrected chi connectivity index (χ3v) is 3.19. The summed E-state index contributed by atoms with van der Waals surface area (Å²) in [6.07, 6.45) is 3.13. The number of benzene rings is 1. The van der Waals surface area contributed by atoms with Crippen LogP contribution >= 0.6 is 11.6 Å². The molecule has 0 bridgehead atoms. The quantitative estimate of drug-likeness (QED) is 0.741. The van der Waals surface area contributed by atoms with Crippen molar-refractivity contribution in [3.05, 3.63) is 35.7 Å². The zero-order valence-corrected chi connectivity index (χ0v) is 11.6. The molecule has 0 saturated carbocycles. The third-order valence-electron chi connectivity index (χ3n) is 2.92. The molecule has 0 radical (unpaired) electrons. The fraction of sp³-hybridized carbons (Fsp3) is 0.154. The van der Waals surface area contributed by atoms with E-state index in [1.54, 1.807) is 24.8 Å². The first-order chi connectivity index (χ1) is 9.74. The van der Waals surface area contributed by atoms with E-state index in [4.69, 9.17) is 21.1 Å². The van der Waals surface area contributed by atoms with Gasteiger partial charge in [-0.25, -0.2) is 0 Å². The van der Waals surface area contributed by atoms with Gasteiger partial charge in [0.25, 0.3) is 0 Å². The van der Waals surface area contributed by atoms with E-state index in [0.29, 0.717) is 28.1 Å². The molecular formula is C13H11ClN4O2. The lowest BCUT2D eigenvalue weighted by molar-refractivity contribution is 0.404. The van der Waals surface area contributed by atoms with Gasteiger partial charge < -0.3 is 9.47 Å². The first-order valence-electron chi connectivity index (χ1n) is 5.81. The molecule has 0 atom stereocenters. The Bertz CT molecular complexity index is 772. The molecule has 3 rings (SSSR count). The predicted octanol–water partition coefficient (Wildman–Crippen LogP) is 2.46. The van der Waals surface area contributed by atoms with Crippen molar-refractivity contribution in [2.45, 2.75) is 0 Å². The highest BCUT2D eigenvalue weighted by molar-refractivity contribution is 6.29. The molecule has 0 amide bonds. The minimum absolute atomic E-state index is 0.423. The number of methoxy groups -OCH3 is 2. The molecule has 0 N–H and O–H groups in total. The molecule has 2 aromatic heterocycles. The van der Waals surface area contributed by atoms with Crippen molar-refractivity contribution in [1.29, 1.82) is 0 Å². The highest BCUT2D eigenvalue weighted by Gasteiger charge is 2.16. The number of aromatic nitrogens is 4. The molecule has 0 spiro atoms. The summed E-state index contributed by atoms with van der Waals surface area (Å²) in [5, 5.41) is 8.64. The van der Waals surface area contributed by atoms with Crippen LogP contribution in [0.15, 0.2) is 30.6 Å². The number of halogens is 1. The lowest BCUT2D eigenvalue weighted by atomic mass is 10.1. The van der Waals surface area contributed by atoms with Crippen LogP contribution in [0.2, 0.25) is 5.15 Å². The number of rotatable bonds is 3. The first-order valence-corrected chi connectivity index (χ1v) is 6.19. The Morgan fingerprint density at radius 1 is 1.10 bits per heavy atom. The van der Waals surface area contributed by atoms with E-state index in [2.05, 4.69) is 15.2 Å². The monoisotopic (exact) mass is 290 g/mol. The summed E-state index contributed by atoms with van der Waals surface area (Å²) in [5.74, 6) is 1.93. The summed E-state index contributed by atoms with van der Waals surface area (Å²) in [6.45, 7) is 0. The van der Waals surface area contributed by atoms with Crippen LogP contribution in [0.4, 0.5) is 0 Å². The van der Waals surface area contributed by atoms with E-state index in [0.717, 1.165) is 5.56 Å². The van der Waals surface area contributed by atoms with Gasteiger partial charge in [0.15, 0.2) is 11.5 Å². The second-order valence-electron chi connectivity index (χ2n) is 4.01. The van der Waals surface area contributed by atoms with Crippen LogP contribution in [0.1, 0.15) is 0 Å². The standard InChI is InChI=1S/C13H11ClN4O2/c1-19-8-3-4-10(20-2)9(5-8)13-17-16-12-7-15-6-11(14)18(12)13/h3-7H,1-2H3. The van der Waals surface area contributed by atoms with Gasteiger partial charge in [-0.1, -0.05) is 11.6 Å². The SMILES string of the molecule is COc1ccc(OC)c(-c2nnc3cncc(Cl)n23)c1. The van der Waals surface area contributed by atoms with Crippen LogP contribution in [0.5, 0.6) is 11.5 Å². The maximum absolute atomic E-state index is 6.17. The number of nitrogens with zero attached hydrogens (tertiary/aromatic N) is 4. The Kier molecular flexibility index (Phi) is 3.15. The van der Waals surface area contributed by atoms with Crippen molar-refractivity contribution in [2.75, 3.05) is 14.2 Å². The highest BCUT2D eigenvalue weighted by Crippen LogP contribution is 2.33. The zero-order valence-electron chi connectivity index (χ0n) is 10.9. The van der Waals surface area contributed by atoms with E-state index in [-0.39, 0.29) is 0 Å². The number of fused-ring (bicyclic) bond motifs is 1. The molecular weight excluding hydrogens is 280 g/mol. The molecule has 2 heterocycles. The molecule has 0 fully saturated rings. The molecule has 0 unspecified atom stereocenters. The summed E-state index contributed by atoms with van der Waals surface area (Å²) in [6, 6.07) is 5.45. The van der Waals surface area contributed by atoms with Gasteiger partial charge in [0.1, 0.15) is 16.7 Å². The summed E-state index contributed by atoms with van der Waals surface area (Å²) in [7, 11) is 3.20. The molecule has 102 valence electrons. The van der Waals surface area contributed by atoms with Gasteiger partial charge in [-0.15, -0.1) is 10.2 Å². The number of ether oxygens (including phenoxy) is 2. The molecule has 0 aliphatic heterocycles. The lowest BCUT2D eigenvalue weighted by Crippen LogP contribution is -1.96. The smallest absolute Gasteiger partial charge is 0.180 e. The van der Waals surface area contributed by atoms with Crippen molar-refractivity contribution < 1.29 is 9.47 Å². The van der Waals surface area contributed by atoms with Gasteiger partial charge in [0.2, 0.25) is 0 Å². The Hall–Kier alpha value is -2.34. The van der Waals surface area contributed by atoms with E-state index < -0.39 is 0 Å². The Morgan fingerprint density at radius 3 is 2.70 bits per heavy atom. The Labute approximate surface area is 119 Å². The lowest BCUT2D eigenvalue weighted by Gasteiger charge is -2.09.